The van der Waals surface area contributed by atoms with Crippen LogP contribution >= 0.6 is 0 Å². The lowest BCUT2D eigenvalue weighted by Gasteiger charge is -2.11. The summed E-state index contributed by atoms with van der Waals surface area (Å²) in [7, 11) is 0. The maximum Gasteiger partial charge on any atom is 0.306 e. The zero-order valence-electron chi connectivity index (χ0n) is 21.8. The first-order valence-corrected chi connectivity index (χ1v) is 13.9. The van der Waals surface area contributed by atoms with Crippen molar-refractivity contribution in [2.24, 2.45) is 5.92 Å². The summed E-state index contributed by atoms with van der Waals surface area (Å²) in [4.78, 5) is 23.4. The lowest BCUT2D eigenvalue weighted by Crippen LogP contribution is -2.10. The van der Waals surface area contributed by atoms with Gasteiger partial charge in [-0.15, -0.1) is 0 Å². The molecule has 4 heteroatoms. The Labute approximate surface area is 199 Å². The van der Waals surface area contributed by atoms with E-state index in [9.17, 15) is 9.59 Å². The van der Waals surface area contributed by atoms with Crippen LogP contribution in [0.1, 0.15) is 149 Å². The average molecular weight is 455 g/mol. The minimum Gasteiger partial charge on any atom is -0.466 e. The van der Waals surface area contributed by atoms with Crippen LogP contribution in [0.5, 0.6) is 0 Å². The van der Waals surface area contributed by atoms with E-state index in [1.807, 2.05) is 0 Å². The number of rotatable bonds is 24. The molecule has 190 valence electrons. The van der Waals surface area contributed by atoms with E-state index in [1.54, 1.807) is 0 Å². The Hall–Kier alpha value is -1.06. The summed E-state index contributed by atoms with van der Waals surface area (Å²) in [5.74, 6) is 0.408. The first-order chi connectivity index (χ1) is 15.6. The normalized spacial score (nSPS) is 12.0. The van der Waals surface area contributed by atoms with Crippen molar-refractivity contribution >= 4 is 11.9 Å². The monoisotopic (exact) mass is 454 g/mol. The van der Waals surface area contributed by atoms with Crippen LogP contribution in [0.3, 0.4) is 0 Å². The molecule has 0 aromatic carbocycles. The molecule has 0 saturated carbocycles. The summed E-state index contributed by atoms with van der Waals surface area (Å²) in [6, 6.07) is 0. The number of hydrogen-bond acceptors (Lipinski definition) is 4. The van der Waals surface area contributed by atoms with E-state index in [2.05, 4.69) is 20.8 Å². The van der Waals surface area contributed by atoms with Crippen molar-refractivity contribution in [1.29, 1.82) is 0 Å². The van der Waals surface area contributed by atoms with Crippen LogP contribution in [-0.4, -0.2) is 25.2 Å². The quantitative estimate of drug-likeness (QED) is 0.108. The van der Waals surface area contributed by atoms with Crippen LogP contribution in [0.4, 0.5) is 0 Å². The highest BCUT2D eigenvalue weighted by atomic mass is 16.5. The molecule has 0 aromatic heterocycles. The second-order valence-corrected chi connectivity index (χ2v) is 9.59. The largest absolute Gasteiger partial charge is 0.466 e. The van der Waals surface area contributed by atoms with Crippen molar-refractivity contribution in [2.45, 2.75) is 149 Å². The molecule has 0 heterocycles. The number of hydrogen-bond donors (Lipinski definition) is 0. The van der Waals surface area contributed by atoms with Crippen LogP contribution in [-0.2, 0) is 19.1 Å². The number of carbonyl (C=O) groups excluding carboxylic acids is 2. The molecule has 0 amide bonds. The van der Waals surface area contributed by atoms with E-state index in [4.69, 9.17) is 9.47 Å². The van der Waals surface area contributed by atoms with Crippen LogP contribution in [0.2, 0.25) is 0 Å². The molecular formula is C28H54O4. The van der Waals surface area contributed by atoms with Gasteiger partial charge in [0.2, 0.25) is 0 Å². The molecule has 32 heavy (non-hydrogen) atoms. The Balaban J connectivity index is 3.29. The molecule has 0 rings (SSSR count). The van der Waals surface area contributed by atoms with Crippen molar-refractivity contribution in [2.75, 3.05) is 13.2 Å². The zero-order chi connectivity index (χ0) is 23.7. The zero-order valence-corrected chi connectivity index (χ0v) is 21.8. The van der Waals surface area contributed by atoms with E-state index < -0.39 is 0 Å². The fraction of sp³-hybridized carbons (Fsp3) is 0.929. The van der Waals surface area contributed by atoms with Gasteiger partial charge in [-0.05, 0) is 25.2 Å². The summed E-state index contributed by atoms with van der Waals surface area (Å²) < 4.78 is 10.5. The Kier molecular flexibility index (Phi) is 23.8. The highest BCUT2D eigenvalue weighted by Crippen LogP contribution is 2.16. The molecule has 1 atom stereocenters. The molecule has 4 nitrogen and oxygen atoms in total. The van der Waals surface area contributed by atoms with Gasteiger partial charge < -0.3 is 9.47 Å². The lowest BCUT2D eigenvalue weighted by atomic mass is 9.99. The highest BCUT2D eigenvalue weighted by molar-refractivity contribution is 5.69. The molecule has 0 spiro atoms. The smallest absolute Gasteiger partial charge is 0.306 e. The third-order valence-electron chi connectivity index (χ3n) is 6.11. The van der Waals surface area contributed by atoms with Gasteiger partial charge in [-0.3, -0.25) is 9.59 Å². The van der Waals surface area contributed by atoms with E-state index in [0.717, 1.165) is 57.8 Å². The fourth-order valence-electron chi connectivity index (χ4n) is 3.95. The summed E-state index contributed by atoms with van der Waals surface area (Å²) >= 11 is 0. The molecule has 0 bridgehead atoms. The first-order valence-electron chi connectivity index (χ1n) is 13.9. The molecule has 0 aliphatic rings. The summed E-state index contributed by atoms with van der Waals surface area (Å²) in [5.41, 5.74) is 0. The summed E-state index contributed by atoms with van der Waals surface area (Å²) in [5, 5.41) is 0. The highest BCUT2D eigenvalue weighted by Gasteiger charge is 2.10. The second kappa shape index (κ2) is 24.6. The van der Waals surface area contributed by atoms with Gasteiger partial charge in [-0.25, -0.2) is 0 Å². The predicted molar refractivity (Wildman–Crippen MR) is 135 cm³/mol. The molecule has 1 unspecified atom stereocenters. The Morgan fingerprint density at radius 1 is 0.562 bits per heavy atom. The van der Waals surface area contributed by atoms with Crippen molar-refractivity contribution in [1.82, 2.24) is 0 Å². The lowest BCUT2D eigenvalue weighted by molar-refractivity contribution is -0.145. The molecule has 0 aliphatic carbocycles. The maximum atomic E-state index is 11.8. The summed E-state index contributed by atoms with van der Waals surface area (Å²) in [6.45, 7) is 7.67. The van der Waals surface area contributed by atoms with Crippen molar-refractivity contribution in [3.63, 3.8) is 0 Å². The molecular weight excluding hydrogens is 400 g/mol. The number of unbranched alkanes of at least 4 members (excludes halogenated alkanes) is 14. The van der Waals surface area contributed by atoms with Crippen LogP contribution in [0, 0.1) is 5.92 Å². The third kappa shape index (κ3) is 23.6. The van der Waals surface area contributed by atoms with Crippen LogP contribution in [0.25, 0.3) is 0 Å². The Morgan fingerprint density at radius 2 is 1.00 bits per heavy atom. The predicted octanol–water partition coefficient (Wildman–Crippen LogP) is 8.55. The van der Waals surface area contributed by atoms with E-state index in [1.165, 1.54) is 57.8 Å². The van der Waals surface area contributed by atoms with E-state index in [-0.39, 0.29) is 11.9 Å². The van der Waals surface area contributed by atoms with Gasteiger partial charge in [-0.1, -0.05) is 117 Å². The molecule has 0 saturated heterocycles. The van der Waals surface area contributed by atoms with E-state index in [0.29, 0.717) is 32.0 Å². The molecule has 0 aromatic rings. The molecule has 0 aliphatic heterocycles. The summed E-state index contributed by atoms with van der Waals surface area (Å²) in [6.07, 6.45) is 22.7. The van der Waals surface area contributed by atoms with Gasteiger partial charge in [-0.2, -0.15) is 0 Å². The molecule has 0 radical (unpaired) electrons. The van der Waals surface area contributed by atoms with Gasteiger partial charge in [0.05, 0.1) is 13.2 Å². The standard InChI is InChI=1S/C28H54O4/c1-4-6-19-23-31-27(29)22-18-16-14-12-10-8-9-11-13-15-17-21-26(3)25-28(30)32-24-20-7-5-2/h26H,4-25H2,1-3H3. The van der Waals surface area contributed by atoms with Crippen LogP contribution in [0.15, 0.2) is 0 Å². The first kappa shape index (κ1) is 30.9. The Morgan fingerprint density at radius 3 is 1.50 bits per heavy atom. The van der Waals surface area contributed by atoms with Gasteiger partial charge in [0.1, 0.15) is 0 Å². The second-order valence-electron chi connectivity index (χ2n) is 9.59. The Bertz CT molecular complexity index is 422. The van der Waals surface area contributed by atoms with Crippen molar-refractivity contribution in [3.05, 3.63) is 0 Å². The van der Waals surface area contributed by atoms with Gasteiger partial charge >= 0.3 is 11.9 Å². The maximum absolute atomic E-state index is 11.8. The van der Waals surface area contributed by atoms with Gasteiger partial charge in [0.25, 0.3) is 0 Å². The number of esters is 2. The minimum atomic E-state index is -0.0176. The fourth-order valence-corrected chi connectivity index (χ4v) is 3.95. The topological polar surface area (TPSA) is 52.6 Å². The molecule has 0 fully saturated rings. The van der Waals surface area contributed by atoms with Gasteiger partial charge in [0.15, 0.2) is 0 Å². The van der Waals surface area contributed by atoms with Crippen molar-refractivity contribution < 1.29 is 19.1 Å². The van der Waals surface area contributed by atoms with Gasteiger partial charge in [0, 0.05) is 12.8 Å². The van der Waals surface area contributed by atoms with E-state index >= 15 is 0 Å². The third-order valence-corrected chi connectivity index (χ3v) is 6.11. The number of ether oxygens (including phenoxy) is 2. The minimum absolute atomic E-state index is 0.0159. The SMILES string of the molecule is CCCCCOC(=O)CCCCCCCCCCCCCC(C)CC(=O)OCCCCC. The molecule has 0 N–H and O–H groups in total. The average Bonchev–Trinajstić information content (AvgIpc) is 2.77. The number of carbonyl (C=O) groups is 2. The van der Waals surface area contributed by atoms with Crippen molar-refractivity contribution in [3.8, 4) is 0 Å². The van der Waals surface area contributed by atoms with Crippen LogP contribution < -0.4 is 0 Å².